The fraction of sp³-hybridized carbons (Fsp3) is 1.00. The molecule has 0 amide bonds. The topological polar surface area (TPSA) is 75.4 Å². The lowest BCUT2D eigenvalue weighted by atomic mass is 9.92. The van der Waals surface area contributed by atoms with E-state index in [0.717, 1.165) is 38.5 Å². The van der Waals surface area contributed by atoms with Gasteiger partial charge >= 0.3 is 0 Å². The Hall–Kier alpha value is -0.170. The number of nitrogens with one attached hydrogen (secondary N) is 1. The molecule has 94 valence electrons. The van der Waals surface area contributed by atoms with Crippen molar-refractivity contribution in [2.75, 3.05) is 13.1 Å². The number of nitrogens with zero attached hydrogens (tertiary/aromatic N) is 1. The number of hydrogen-bond acceptors (Lipinski definition) is 3. The van der Waals surface area contributed by atoms with Gasteiger partial charge in [-0.1, -0.05) is 12.8 Å². The lowest BCUT2D eigenvalue weighted by Crippen LogP contribution is -2.52. The highest BCUT2D eigenvalue weighted by Gasteiger charge is 2.31. The highest BCUT2D eigenvalue weighted by molar-refractivity contribution is 7.87. The molecule has 3 N–H and O–H groups in total. The van der Waals surface area contributed by atoms with Crippen molar-refractivity contribution < 1.29 is 8.42 Å². The van der Waals surface area contributed by atoms with Crippen molar-refractivity contribution in [3.8, 4) is 0 Å². The fourth-order valence-electron chi connectivity index (χ4n) is 2.50. The first-order valence-electron chi connectivity index (χ1n) is 6.12. The second-order valence-corrected chi connectivity index (χ2v) is 6.49. The molecule has 1 heterocycles. The molecule has 0 aromatic heterocycles. The lowest BCUT2D eigenvalue weighted by Gasteiger charge is -2.30. The van der Waals surface area contributed by atoms with E-state index >= 15 is 0 Å². The summed E-state index contributed by atoms with van der Waals surface area (Å²) in [6, 6.07) is -0.0921. The number of nitrogens with two attached hydrogens (primary N) is 1. The van der Waals surface area contributed by atoms with E-state index in [4.69, 9.17) is 5.73 Å². The molecule has 2 aliphatic rings. The minimum Gasteiger partial charge on any atom is -0.326 e. The third-order valence-corrected chi connectivity index (χ3v) is 5.17. The van der Waals surface area contributed by atoms with Gasteiger partial charge < -0.3 is 5.73 Å². The molecule has 1 saturated carbocycles. The van der Waals surface area contributed by atoms with Crippen molar-refractivity contribution >= 4 is 10.2 Å². The molecule has 1 aliphatic heterocycles. The Labute approximate surface area is 97.6 Å². The summed E-state index contributed by atoms with van der Waals surface area (Å²) in [5, 5.41) is 0. The van der Waals surface area contributed by atoms with E-state index in [1.165, 1.54) is 4.31 Å². The third-order valence-electron chi connectivity index (χ3n) is 3.52. The molecule has 0 bridgehead atoms. The van der Waals surface area contributed by atoms with E-state index in [0.29, 0.717) is 13.1 Å². The Balaban J connectivity index is 1.96. The van der Waals surface area contributed by atoms with Gasteiger partial charge in [0.05, 0.1) is 0 Å². The van der Waals surface area contributed by atoms with E-state index in [9.17, 15) is 8.42 Å². The van der Waals surface area contributed by atoms with Gasteiger partial charge in [-0.15, -0.1) is 0 Å². The molecule has 2 atom stereocenters. The molecule has 0 spiro atoms. The molecular weight excluding hydrogens is 226 g/mol. The summed E-state index contributed by atoms with van der Waals surface area (Å²) in [4.78, 5) is 0. The summed E-state index contributed by atoms with van der Waals surface area (Å²) >= 11 is 0. The molecule has 0 aromatic carbocycles. The molecule has 1 saturated heterocycles. The van der Waals surface area contributed by atoms with Crippen LogP contribution in [-0.2, 0) is 10.2 Å². The Morgan fingerprint density at radius 1 is 1.06 bits per heavy atom. The normalized spacial score (nSPS) is 33.1. The van der Waals surface area contributed by atoms with Crippen molar-refractivity contribution in [2.24, 2.45) is 5.73 Å². The lowest BCUT2D eigenvalue weighted by molar-refractivity contribution is 0.350. The van der Waals surface area contributed by atoms with Crippen LogP contribution in [0, 0.1) is 0 Å². The van der Waals surface area contributed by atoms with Crippen LogP contribution in [0.2, 0.25) is 0 Å². The number of rotatable bonds is 3. The van der Waals surface area contributed by atoms with Crippen molar-refractivity contribution in [3.05, 3.63) is 0 Å². The SMILES string of the molecule is N[C@@H]1CCCC[C@H]1NS(=O)(=O)N1CCCC1. The zero-order valence-electron chi connectivity index (χ0n) is 9.56. The Morgan fingerprint density at radius 2 is 1.69 bits per heavy atom. The minimum atomic E-state index is -3.29. The Kier molecular flexibility index (Phi) is 3.84. The number of hydrogen-bond donors (Lipinski definition) is 2. The van der Waals surface area contributed by atoms with Crippen molar-refractivity contribution in [2.45, 2.75) is 50.6 Å². The molecule has 16 heavy (non-hydrogen) atoms. The van der Waals surface area contributed by atoms with Gasteiger partial charge in [-0.05, 0) is 25.7 Å². The average Bonchev–Trinajstić information content (AvgIpc) is 2.75. The summed E-state index contributed by atoms with van der Waals surface area (Å²) in [6.45, 7) is 1.30. The highest BCUT2D eigenvalue weighted by atomic mass is 32.2. The zero-order chi connectivity index (χ0) is 11.6. The predicted molar refractivity (Wildman–Crippen MR) is 63.1 cm³/mol. The second-order valence-electron chi connectivity index (χ2n) is 4.78. The van der Waals surface area contributed by atoms with E-state index in [1.54, 1.807) is 0 Å². The van der Waals surface area contributed by atoms with Gasteiger partial charge in [-0.2, -0.15) is 17.4 Å². The molecule has 1 aliphatic carbocycles. The maximum absolute atomic E-state index is 12.0. The molecule has 0 aromatic rings. The van der Waals surface area contributed by atoms with Gasteiger partial charge in [-0.3, -0.25) is 0 Å². The van der Waals surface area contributed by atoms with E-state index in [1.807, 2.05) is 0 Å². The second kappa shape index (κ2) is 5.00. The first kappa shape index (κ1) is 12.3. The van der Waals surface area contributed by atoms with Crippen LogP contribution in [0.3, 0.4) is 0 Å². The van der Waals surface area contributed by atoms with Gasteiger partial charge in [0.1, 0.15) is 0 Å². The van der Waals surface area contributed by atoms with Crippen molar-refractivity contribution in [1.29, 1.82) is 0 Å². The van der Waals surface area contributed by atoms with Crippen LogP contribution in [0.15, 0.2) is 0 Å². The highest BCUT2D eigenvalue weighted by Crippen LogP contribution is 2.19. The van der Waals surface area contributed by atoms with Crippen molar-refractivity contribution in [3.63, 3.8) is 0 Å². The molecule has 6 heteroatoms. The maximum atomic E-state index is 12.0. The first-order valence-corrected chi connectivity index (χ1v) is 7.56. The quantitative estimate of drug-likeness (QED) is 0.747. The summed E-state index contributed by atoms with van der Waals surface area (Å²) in [6.07, 6.45) is 5.92. The van der Waals surface area contributed by atoms with E-state index < -0.39 is 10.2 Å². The molecule has 0 radical (unpaired) electrons. The fourth-order valence-corrected chi connectivity index (χ4v) is 4.06. The van der Waals surface area contributed by atoms with Crippen LogP contribution in [0.1, 0.15) is 38.5 Å². The summed E-state index contributed by atoms with van der Waals surface area (Å²) in [7, 11) is -3.29. The van der Waals surface area contributed by atoms with Gasteiger partial charge in [0.2, 0.25) is 0 Å². The van der Waals surface area contributed by atoms with Crippen LogP contribution >= 0.6 is 0 Å². The predicted octanol–water partition coefficient (Wildman–Crippen LogP) is 0.187. The Bertz CT molecular complexity index is 325. The molecular formula is C10H21N3O2S. The smallest absolute Gasteiger partial charge is 0.279 e. The third kappa shape index (κ3) is 2.74. The standard InChI is InChI=1S/C10H21N3O2S/c11-9-5-1-2-6-10(9)12-16(14,15)13-7-3-4-8-13/h9-10,12H,1-8,11H2/t9-,10-/m1/s1. The van der Waals surface area contributed by atoms with Crippen molar-refractivity contribution in [1.82, 2.24) is 9.03 Å². The summed E-state index contributed by atoms with van der Waals surface area (Å²) in [5.41, 5.74) is 5.94. The van der Waals surface area contributed by atoms with Crippen LogP contribution in [0.25, 0.3) is 0 Å². The van der Waals surface area contributed by atoms with Crippen LogP contribution in [0.5, 0.6) is 0 Å². The maximum Gasteiger partial charge on any atom is 0.279 e. The molecule has 0 unspecified atom stereocenters. The monoisotopic (exact) mass is 247 g/mol. The summed E-state index contributed by atoms with van der Waals surface area (Å²) in [5.74, 6) is 0. The van der Waals surface area contributed by atoms with Crippen LogP contribution in [0.4, 0.5) is 0 Å². The zero-order valence-corrected chi connectivity index (χ0v) is 10.4. The molecule has 5 nitrogen and oxygen atoms in total. The van der Waals surface area contributed by atoms with Gasteiger partial charge in [0.25, 0.3) is 10.2 Å². The van der Waals surface area contributed by atoms with Gasteiger partial charge in [0, 0.05) is 25.2 Å². The van der Waals surface area contributed by atoms with Gasteiger partial charge in [-0.25, -0.2) is 0 Å². The largest absolute Gasteiger partial charge is 0.326 e. The van der Waals surface area contributed by atoms with E-state index in [2.05, 4.69) is 4.72 Å². The van der Waals surface area contributed by atoms with E-state index in [-0.39, 0.29) is 12.1 Å². The summed E-state index contributed by atoms with van der Waals surface area (Å²) < 4.78 is 28.3. The molecule has 2 rings (SSSR count). The van der Waals surface area contributed by atoms with Crippen LogP contribution < -0.4 is 10.5 Å². The Morgan fingerprint density at radius 3 is 2.31 bits per heavy atom. The van der Waals surface area contributed by atoms with Gasteiger partial charge in [0.15, 0.2) is 0 Å². The van der Waals surface area contributed by atoms with Crippen LogP contribution in [-0.4, -0.2) is 37.9 Å². The first-order chi connectivity index (χ1) is 7.59. The average molecular weight is 247 g/mol. The minimum absolute atomic E-state index is 0.0221. The molecule has 2 fully saturated rings.